The third-order valence-corrected chi connectivity index (χ3v) is 2.91. The van der Waals surface area contributed by atoms with E-state index in [1.807, 2.05) is 30.3 Å². The summed E-state index contributed by atoms with van der Waals surface area (Å²) in [5.74, 6) is -0.122. The molecule has 2 rings (SSSR count). The maximum absolute atomic E-state index is 11.8. The van der Waals surface area contributed by atoms with Crippen LogP contribution in [0.25, 0.3) is 0 Å². The molecule has 96 valence electrons. The van der Waals surface area contributed by atoms with Crippen LogP contribution in [0.15, 0.2) is 30.3 Å². The Hall–Kier alpha value is -1.84. The SMILES string of the molecule is CC(=O)NC(CC(=O)NC1CC1)c1ccccc1. The van der Waals surface area contributed by atoms with Crippen LogP contribution in [0, 0.1) is 0 Å². The molecule has 1 aromatic rings. The molecule has 1 saturated carbocycles. The number of carbonyl (C=O) groups excluding carboxylic acids is 2. The summed E-state index contributed by atoms with van der Waals surface area (Å²) < 4.78 is 0. The Morgan fingerprint density at radius 3 is 2.50 bits per heavy atom. The zero-order valence-electron chi connectivity index (χ0n) is 10.5. The number of hydrogen-bond donors (Lipinski definition) is 2. The van der Waals surface area contributed by atoms with Gasteiger partial charge in [0.1, 0.15) is 0 Å². The number of hydrogen-bond acceptors (Lipinski definition) is 2. The molecule has 1 fully saturated rings. The van der Waals surface area contributed by atoms with Gasteiger partial charge >= 0.3 is 0 Å². The Morgan fingerprint density at radius 2 is 1.94 bits per heavy atom. The van der Waals surface area contributed by atoms with Crippen LogP contribution in [-0.2, 0) is 9.59 Å². The van der Waals surface area contributed by atoms with Gasteiger partial charge in [0, 0.05) is 13.0 Å². The average molecular weight is 246 g/mol. The molecule has 1 atom stereocenters. The molecule has 0 spiro atoms. The van der Waals surface area contributed by atoms with Crippen LogP contribution >= 0.6 is 0 Å². The fraction of sp³-hybridized carbons (Fsp3) is 0.429. The quantitative estimate of drug-likeness (QED) is 0.827. The van der Waals surface area contributed by atoms with Crippen molar-refractivity contribution in [2.75, 3.05) is 0 Å². The van der Waals surface area contributed by atoms with E-state index >= 15 is 0 Å². The summed E-state index contributed by atoms with van der Waals surface area (Å²) in [6.45, 7) is 1.47. The molecule has 0 heterocycles. The van der Waals surface area contributed by atoms with E-state index in [0.29, 0.717) is 12.5 Å². The minimum absolute atomic E-state index is 0.0000954. The van der Waals surface area contributed by atoms with Crippen LogP contribution in [0.1, 0.15) is 37.8 Å². The highest BCUT2D eigenvalue weighted by atomic mass is 16.2. The second-order valence-electron chi connectivity index (χ2n) is 4.71. The largest absolute Gasteiger partial charge is 0.353 e. The minimum atomic E-state index is -0.248. The Bertz CT molecular complexity index is 427. The van der Waals surface area contributed by atoms with Gasteiger partial charge in [0.2, 0.25) is 11.8 Å². The molecule has 0 aliphatic heterocycles. The predicted molar refractivity (Wildman–Crippen MR) is 68.8 cm³/mol. The summed E-state index contributed by atoms with van der Waals surface area (Å²) in [7, 11) is 0. The second kappa shape index (κ2) is 5.67. The molecular formula is C14H18N2O2. The van der Waals surface area contributed by atoms with Crippen LogP contribution in [0.2, 0.25) is 0 Å². The van der Waals surface area contributed by atoms with E-state index in [1.54, 1.807) is 0 Å². The molecule has 0 saturated heterocycles. The van der Waals surface area contributed by atoms with Crippen molar-refractivity contribution in [2.24, 2.45) is 0 Å². The summed E-state index contributed by atoms with van der Waals surface area (Å²) in [6.07, 6.45) is 2.43. The number of nitrogens with one attached hydrogen (secondary N) is 2. The first kappa shape index (κ1) is 12.6. The topological polar surface area (TPSA) is 58.2 Å². The van der Waals surface area contributed by atoms with Crippen LogP contribution in [-0.4, -0.2) is 17.9 Å². The lowest BCUT2D eigenvalue weighted by molar-refractivity contribution is -0.122. The Kier molecular flexibility index (Phi) is 3.97. The highest BCUT2D eigenvalue weighted by Gasteiger charge is 2.25. The molecule has 1 unspecified atom stereocenters. The molecule has 2 amide bonds. The fourth-order valence-corrected chi connectivity index (χ4v) is 1.88. The van der Waals surface area contributed by atoms with E-state index < -0.39 is 0 Å². The molecule has 1 aliphatic rings. The Labute approximate surface area is 107 Å². The molecule has 4 heteroatoms. The van der Waals surface area contributed by atoms with Gasteiger partial charge in [-0.25, -0.2) is 0 Å². The Balaban J connectivity index is 1.99. The van der Waals surface area contributed by atoms with Gasteiger partial charge in [0.15, 0.2) is 0 Å². The summed E-state index contributed by atoms with van der Waals surface area (Å²) in [5.41, 5.74) is 0.957. The lowest BCUT2D eigenvalue weighted by Crippen LogP contribution is -2.33. The average Bonchev–Trinajstić information content (AvgIpc) is 3.12. The van der Waals surface area contributed by atoms with Crippen molar-refractivity contribution in [1.82, 2.24) is 10.6 Å². The van der Waals surface area contributed by atoms with E-state index in [-0.39, 0.29) is 17.9 Å². The van der Waals surface area contributed by atoms with Gasteiger partial charge in [-0.3, -0.25) is 9.59 Å². The van der Waals surface area contributed by atoms with Crippen molar-refractivity contribution < 1.29 is 9.59 Å². The molecule has 0 radical (unpaired) electrons. The molecule has 0 bridgehead atoms. The summed E-state index contributed by atoms with van der Waals surface area (Å²) >= 11 is 0. The fourth-order valence-electron chi connectivity index (χ4n) is 1.88. The van der Waals surface area contributed by atoms with Gasteiger partial charge in [0.05, 0.1) is 12.5 Å². The van der Waals surface area contributed by atoms with Crippen LogP contribution in [0.5, 0.6) is 0 Å². The summed E-state index contributed by atoms with van der Waals surface area (Å²) in [6, 6.07) is 9.68. The Morgan fingerprint density at radius 1 is 1.28 bits per heavy atom. The highest BCUT2D eigenvalue weighted by Crippen LogP contribution is 2.21. The van der Waals surface area contributed by atoms with E-state index in [2.05, 4.69) is 10.6 Å². The van der Waals surface area contributed by atoms with Crippen molar-refractivity contribution in [2.45, 2.75) is 38.3 Å². The third-order valence-electron chi connectivity index (χ3n) is 2.91. The first-order chi connectivity index (χ1) is 8.65. The van der Waals surface area contributed by atoms with Crippen molar-refractivity contribution >= 4 is 11.8 Å². The number of rotatable bonds is 5. The number of amides is 2. The van der Waals surface area contributed by atoms with Crippen molar-refractivity contribution in [3.05, 3.63) is 35.9 Å². The monoisotopic (exact) mass is 246 g/mol. The molecule has 0 aromatic heterocycles. The second-order valence-corrected chi connectivity index (χ2v) is 4.71. The predicted octanol–water partition coefficient (Wildman–Crippen LogP) is 1.53. The van der Waals surface area contributed by atoms with Crippen LogP contribution in [0.3, 0.4) is 0 Å². The van der Waals surface area contributed by atoms with Crippen molar-refractivity contribution in [1.29, 1.82) is 0 Å². The zero-order chi connectivity index (χ0) is 13.0. The summed E-state index contributed by atoms with van der Waals surface area (Å²) in [5, 5.41) is 5.76. The molecule has 4 nitrogen and oxygen atoms in total. The minimum Gasteiger partial charge on any atom is -0.353 e. The third kappa shape index (κ3) is 3.87. The number of benzene rings is 1. The van der Waals surface area contributed by atoms with Gasteiger partial charge in [-0.2, -0.15) is 0 Å². The first-order valence-corrected chi connectivity index (χ1v) is 6.26. The maximum atomic E-state index is 11.8. The van der Waals surface area contributed by atoms with Gasteiger partial charge < -0.3 is 10.6 Å². The van der Waals surface area contributed by atoms with E-state index in [9.17, 15) is 9.59 Å². The van der Waals surface area contributed by atoms with E-state index in [0.717, 1.165) is 18.4 Å². The van der Waals surface area contributed by atoms with Gasteiger partial charge in [-0.15, -0.1) is 0 Å². The lowest BCUT2D eigenvalue weighted by Gasteiger charge is -2.18. The molecule has 2 N–H and O–H groups in total. The number of carbonyl (C=O) groups is 2. The smallest absolute Gasteiger partial charge is 0.222 e. The van der Waals surface area contributed by atoms with Crippen LogP contribution < -0.4 is 10.6 Å². The maximum Gasteiger partial charge on any atom is 0.222 e. The van der Waals surface area contributed by atoms with Gasteiger partial charge in [-0.05, 0) is 18.4 Å². The summed E-state index contributed by atoms with van der Waals surface area (Å²) in [4.78, 5) is 23.0. The lowest BCUT2D eigenvalue weighted by atomic mass is 10.0. The molecule has 18 heavy (non-hydrogen) atoms. The first-order valence-electron chi connectivity index (χ1n) is 6.26. The van der Waals surface area contributed by atoms with E-state index in [1.165, 1.54) is 6.92 Å². The highest BCUT2D eigenvalue weighted by molar-refractivity contribution is 5.79. The standard InChI is InChI=1S/C14H18N2O2/c1-10(17)15-13(11-5-3-2-4-6-11)9-14(18)16-12-7-8-12/h2-6,12-13H,7-9H2,1H3,(H,15,17)(H,16,18). The molecule has 1 aromatic carbocycles. The van der Waals surface area contributed by atoms with Gasteiger partial charge in [0.25, 0.3) is 0 Å². The van der Waals surface area contributed by atoms with Crippen molar-refractivity contribution in [3.8, 4) is 0 Å². The normalized spacial score (nSPS) is 15.8. The van der Waals surface area contributed by atoms with Crippen molar-refractivity contribution in [3.63, 3.8) is 0 Å². The van der Waals surface area contributed by atoms with E-state index in [4.69, 9.17) is 0 Å². The molecule has 1 aliphatic carbocycles. The van der Waals surface area contributed by atoms with Crippen LogP contribution in [0.4, 0.5) is 0 Å². The zero-order valence-corrected chi connectivity index (χ0v) is 10.5. The molecular weight excluding hydrogens is 228 g/mol. The van der Waals surface area contributed by atoms with Gasteiger partial charge in [-0.1, -0.05) is 30.3 Å².